The van der Waals surface area contributed by atoms with Gasteiger partial charge < -0.3 is 5.73 Å². The fourth-order valence-electron chi connectivity index (χ4n) is 4.38. The molecular formula is C24H21F2N3O. The molecule has 0 amide bonds. The summed E-state index contributed by atoms with van der Waals surface area (Å²) >= 11 is 0. The molecule has 0 aromatic heterocycles. The van der Waals surface area contributed by atoms with Crippen LogP contribution in [-0.4, -0.2) is 5.78 Å². The summed E-state index contributed by atoms with van der Waals surface area (Å²) in [4.78, 5) is 15.0. The van der Waals surface area contributed by atoms with Crippen molar-refractivity contribution in [2.45, 2.75) is 32.6 Å². The number of rotatable bonds is 2. The van der Waals surface area contributed by atoms with Gasteiger partial charge in [-0.25, -0.2) is 8.78 Å². The van der Waals surface area contributed by atoms with Gasteiger partial charge >= 0.3 is 0 Å². The standard InChI is InChI=1S/C24H21F2N3O/c1-24(2)11-19-22(20(30)12-24)21(14-3-5-15(25)6-4-14)18(13-27)23(28)29(19)17-9-7-16(26)8-10-17/h3-10,21H,11-12,28H2,1-2H3/t21-/m1/s1. The largest absolute Gasteiger partial charge is 0.384 e. The van der Waals surface area contributed by atoms with Gasteiger partial charge in [0.25, 0.3) is 0 Å². The summed E-state index contributed by atoms with van der Waals surface area (Å²) in [6.07, 6.45) is 0.891. The molecule has 0 saturated heterocycles. The van der Waals surface area contributed by atoms with Gasteiger partial charge in [0.1, 0.15) is 17.5 Å². The number of carbonyl (C=O) groups excluding carboxylic acids is 1. The lowest BCUT2D eigenvalue weighted by atomic mass is 9.68. The molecule has 6 heteroatoms. The number of anilines is 1. The molecule has 2 aromatic rings. The van der Waals surface area contributed by atoms with Crippen LogP contribution in [0.25, 0.3) is 0 Å². The second-order valence-corrected chi connectivity index (χ2v) is 8.51. The first-order chi connectivity index (χ1) is 14.2. The predicted octanol–water partition coefficient (Wildman–Crippen LogP) is 4.91. The second-order valence-electron chi connectivity index (χ2n) is 8.51. The zero-order valence-corrected chi connectivity index (χ0v) is 16.7. The number of ketones is 1. The second kappa shape index (κ2) is 7.10. The van der Waals surface area contributed by atoms with Crippen molar-refractivity contribution in [3.63, 3.8) is 0 Å². The minimum atomic E-state index is -0.661. The highest BCUT2D eigenvalue weighted by molar-refractivity contribution is 6.01. The zero-order valence-electron chi connectivity index (χ0n) is 16.7. The van der Waals surface area contributed by atoms with Gasteiger partial charge in [-0.05, 0) is 53.8 Å². The highest BCUT2D eigenvalue weighted by atomic mass is 19.1. The molecule has 0 radical (unpaired) electrons. The number of nitrogens with two attached hydrogens (primary N) is 1. The lowest BCUT2D eigenvalue weighted by Crippen LogP contribution is -2.42. The maximum Gasteiger partial charge on any atom is 0.162 e. The van der Waals surface area contributed by atoms with Crippen molar-refractivity contribution < 1.29 is 13.6 Å². The van der Waals surface area contributed by atoms with E-state index in [1.54, 1.807) is 29.2 Å². The number of halogens is 2. The monoisotopic (exact) mass is 405 g/mol. The summed E-state index contributed by atoms with van der Waals surface area (Å²) in [5.41, 5.74) is 8.81. The van der Waals surface area contributed by atoms with Gasteiger partial charge in [0.05, 0.1) is 17.6 Å². The topological polar surface area (TPSA) is 70.1 Å². The van der Waals surface area contributed by atoms with Crippen LogP contribution in [-0.2, 0) is 4.79 Å². The van der Waals surface area contributed by atoms with Gasteiger partial charge in [-0.2, -0.15) is 5.26 Å². The third-order valence-electron chi connectivity index (χ3n) is 5.67. The molecule has 2 aliphatic rings. The van der Waals surface area contributed by atoms with Crippen LogP contribution in [0.2, 0.25) is 0 Å². The Balaban J connectivity index is 1.98. The van der Waals surface area contributed by atoms with Gasteiger partial charge in [0.2, 0.25) is 0 Å². The van der Waals surface area contributed by atoms with Crippen molar-refractivity contribution in [2.24, 2.45) is 11.1 Å². The van der Waals surface area contributed by atoms with Crippen molar-refractivity contribution in [1.82, 2.24) is 0 Å². The molecule has 1 atom stereocenters. The van der Waals surface area contributed by atoms with Crippen LogP contribution in [0.1, 0.15) is 38.2 Å². The molecular weight excluding hydrogens is 384 g/mol. The average Bonchev–Trinajstić information content (AvgIpc) is 2.68. The van der Waals surface area contributed by atoms with Crippen LogP contribution in [0.15, 0.2) is 71.2 Å². The molecule has 1 aliphatic heterocycles. The fraction of sp³-hybridized carbons (Fsp3) is 0.250. The third-order valence-corrected chi connectivity index (χ3v) is 5.67. The molecule has 2 aromatic carbocycles. The third kappa shape index (κ3) is 3.26. The molecule has 4 nitrogen and oxygen atoms in total. The lowest BCUT2D eigenvalue weighted by molar-refractivity contribution is -0.118. The molecule has 1 aliphatic carbocycles. The normalized spacial score (nSPS) is 20.8. The summed E-state index contributed by atoms with van der Waals surface area (Å²) in [6, 6.07) is 13.7. The highest BCUT2D eigenvalue weighted by Gasteiger charge is 2.44. The molecule has 2 N–H and O–H groups in total. The van der Waals surface area contributed by atoms with Crippen LogP contribution in [0.4, 0.5) is 14.5 Å². The Morgan fingerprint density at radius 2 is 1.60 bits per heavy atom. The Labute approximate surface area is 173 Å². The predicted molar refractivity (Wildman–Crippen MR) is 110 cm³/mol. The van der Waals surface area contributed by atoms with Crippen molar-refractivity contribution >= 4 is 11.5 Å². The smallest absolute Gasteiger partial charge is 0.162 e. The van der Waals surface area contributed by atoms with Crippen LogP contribution in [0, 0.1) is 28.4 Å². The maximum atomic E-state index is 13.5. The van der Waals surface area contributed by atoms with E-state index >= 15 is 0 Å². The zero-order chi connectivity index (χ0) is 21.6. The van der Waals surface area contributed by atoms with E-state index < -0.39 is 17.6 Å². The fourth-order valence-corrected chi connectivity index (χ4v) is 4.38. The van der Waals surface area contributed by atoms with E-state index in [2.05, 4.69) is 6.07 Å². The number of nitriles is 1. The van der Waals surface area contributed by atoms with Crippen LogP contribution >= 0.6 is 0 Å². The van der Waals surface area contributed by atoms with Crippen molar-refractivity contribution in [3.8, 4) is 6.07 Å². The molecule has 4 rings (SSSR count). The van der Waals surface area contributed by atoms with Crippen LogP contribution in [0.3, 0.4) is 0 Å². The molecule has 0 saturated carbocycles. The first kappa shape index (κ1) is 19.8. The van der Waals surface area contributed by atoms with Gasteiger partial charge in [-0.1, -0.05) is 26.0 Å². The number of hydrogen-bond acceptors (Lipinski definition) is 4. The molecule has 0 fully saturated rings. The minimum absolute atomic E-state index is 0.0667. The van der Waals surface area contributed by atoms with E-state index in [-0.39, 0.29) is 22.6 Å². The van der Waals surface area contributed by atoms with Gasteiger partial charge in [0, 0.05) is 23.4 Å². The van der Waals surface area contributed by atoms with Crippen molar-refractivity contribution in [3.05, 3.63) is 88.4 Å². The van der Waals surface area contributed by atoms with Crippen molar-refractivity contribution in [2.75, 3.05) is 4.90 Å². The summed E-state index contributed by atoms with van der Waals surface area (Å²) in [5, 5.41) is 9.95. The molecule has 1 heterocycles. The molecule has 152 valence electrons. The van der Waals surface area contributed by atoms with Crippen molar-refractivity contribution in [1.29, 1.82) is 5.26 Å². The Hall–Kier alpha value is -3.46. The number of nitrogens with zero attached hydrogens (tertiary/aromatic N) is 2. The lowest BCUT2D eigenvalue weighted by Gasteiger charge is -2.43. The van der Waals surface area contributed by atoms with E-state index in [0.717, 1.165) is 0 Å². The molecule has 0 spiro atoms. The number of allylic oxidation sites excluding steroid dienone is 3. The number of carbonyl (C=O) groups is 1. The Kier molecular flexibility index (Phi) is 4.70. The number of Topliss-reactive ketones (excluding diaryl/α,β-unsaturated/α-hetero) is 1. The quantitative estimate of drug-likeness (QED) is 0.771. The average molecular weight is 405 g/mol. The first-order valence-electron chi connectivity index (χ1n) is 9.69. The summed E-state index contributed by atoms with van der Waals surface area (Å²) in [7, 11) is 0. The molecule has 30 heavy (non-hydrogen) atoms. The summed E-state index contributed by atoms with van der Waals surface area (Å²) in [6.45, 7) is 4.01. The van der Waals surface area contributed by atoms with E-state index in [0.29, 0.717) is 35.4 Å². The summed E-state index contributed by atoms with van der Waals surface area (Å²) < 4.78 is 27.0. The minimum Gasteiger partial charge on any atom is -0.384 e. The highest BCUT2D eigenvalue weighted by Crippen LogP contribution is 2.50. The van der Waals surface area contributed by atoms with E-state index in [1.807, 2.05) is 13.8 Å². The number of benzene rings is 2. The molecule has 0 unspecified atom stereocenters. The number of hydrogen-bond donors (Lipinski definition) is 1. The van der Waals surface area contributed by atoms with Crippen LogP contribution < -0.4 is 10.6 Å². The van der Waals surface area contributed by atoms with Gasteiger partial charge in [-0.3, -0.25) is 9.69 Å². The van der Waals surface area contributed by atoms with E-state index in [1.165, 1.54) is 24.3 Å². The van der Waals surface area contributed by atoms with Gasteiger partial charge in [-0.15, -0.1) is 0 Å². The van der Waals surface area contributed by atoms with Crippen LogP contribution in [0.5, 0.6) is 0 Å². The Morgan fingerprint density at radius 3 is 2.17 bits per heavy atom. The van der Waals surface area contributed by atoms with E-state index in [4.69, 9.17) is 5.73 Å². The van der Waals surface area contributed by atoms with E-state index in [9.17, 15) is 18.8 Å². The first-order valence-corrected chi connectivity index (χ1v) is 9.69. The Morgan fingerprint density at radius 1 is 1.03 bits per heavy atom. The maximum absolute atomic E-state index is 13.5. The van der Waals surface area contributed by atoms with Gasteiger partial charge in [0.15, 0.2) is 5.78 Å². The molecule has 0 bridgehead atoms. The summed E-state index contributed by atoms with van der Waals surface area (Å²) in [5.74, 6) is -1.32. The SMILES string of the molecule is CC1(C)CC(=O)C2=C(C1)N(c1ccc(F)cc1)C(N)=C(C#N)[C@H]2c1ccc(F)cc1. The Bertz CT molecular complexity index is 1120.